The lowest BCUT2D eigenvalue weighted by molar-refractivity contribution is 0.102. The van der Waals surface area contributed by atoms with Crippen LogP contribution in [0.3, 0.4) is 0 Å². The molecular weight excluding hydrogens is 416 g/mol. The summed E-state index contributed by atoms with van der Waals surface area (Å²) in [5, 5.41) is 18.1. The van der Waals surface area contributed by atoms with Crippen molar-refractivity contribution in [3.05, 3.63) is 89.0 Å². The van der Waals surface area contributed by atoms with Crippen LogP contribution in [0.5, 0.6) is 0 Å². The molecule has 0 fully saturated rings. The highest BCUT2D eigenvalue weighted by Crippen LogP contribution is 2.25. The van der Waals surface area contributed by atoms with Crippen molar-refractivity contribution < 1.29 is 14.7 Å². The summed E-state index contributed by atoms with van der Waals surface area (Å²) in [6.45, 7) is -0.0840. The number of hydrogen-bond acceptors (Lipinski definition) is 4. The number of carbonyl (C=O) groups excluding carboxylic acids is 2. The van der Waals surface area contributed by atoms with Crippen LogP contribution in [0, 0.1) is 0 Å². The van der Waals surface area contributed by atoms with Crippen molar-refractivity contribution in [2.75, 3.05) is 23.0 Å². The predicted octanol–water partition coefficient (Wildman–Crippen LogP) is 4.26. The first-order chi connectivity index (χ1) is 16.0. The fraction of sp³-hybridized carbons (Fsp3) is 0.231. The molecule has 1 aliphatic carbocycles. The Bertz CT molecular complexity index is 1140. The minimum Gasteiger partial charge on any atom is -0.397 e. The van der Waals surface area contributed by atoms with Gasteiger partial charge in [0.05, 0.1) is 17.4 Å². The quantitative estimate of drug-likeness (QED) is 0.350. The number of nitrogens with one attached hydrogen (secondary N) is 3. The number of aryl methyl sites for hydroxylation is 2. The van der Waals surface area contributed by atoms with Crippen LogP contribution in [0.25, 0.3) is 0 Å². The molecule has 0 spiro atoms. The molecule has 0 saturated carbocycles. The number of fused-ring (bicyclic) bond motifs is 1. The van der Waals surface area contributed by atoms with E-state index in [9.17, 15) is 14.7 Å². The maximum atomic E-state index is 12.6. The Morgan fingerprint density at radius 2 is 1.70 bits per heavy atom. The van der Waals surface area contributed by atoms with Gasteiger partial charge in [0.15, 0.2) is 0 Å². The van der Waals surface area contributed by atoms with E-state index in [1.54, 1.807) is 48.5 Å². The molecule has 0 radical (unpaired) electrons. The summed E-state index contributed by atoms with van der Waals surface area (Å²) >= 11 is 0. The van der Waals surface area contributed by atoms with Gasteiger partial charge in [0.2, 0.25) is 0 Å². The summed E-state index contributed by atoms with van der Waals surface area (Å²) in [7, 11) is 0. The van der Waals surface area contributed by atoms with Crippen LogP contribution in [0.1, 0.15) is 45.9 Å². The van der Waals surface area contributed by atoms with Crippen molar-refractivity contribution in [2.24, 2.45) is 0 Å². The molecule has 0 bridgehead atoms. The average Bonchev–Trinajstić information content (AvgIpc) is 3.28. The van der Waals surface area contributed by atoms with E-state index in [-0.39, 0.29) is 18.5 Å². The smallest absolute Gasteiger partial charge is 0.319 e. The molecule has 33 heavy (non-hydrogen) atoms. The monoisotopic (exact) mass is 444 g/mol. The molecule has 6 N–H and O–H groups in total. The zero-order valence-electron chi connectivity index (χ0n) is 18.3. The van der Waals surface area contributed by atoms with Crippen molar-refractivity contribution in [3.8, 4) is 0 Å². The minimum absolute atomic E-state index is 0.0840. The third kappa shape index (κ3) is 5.51. The standard InChI is InChI=1S/C26H28N4O3/c27-22-6-1-2-7-24(22)29-25(32)19-10-8-18(9-11-19)23(14-15-31)30-26(33)28-21-13-12-17-4-3-5-20(17)16-21/h1-2,6-13,16,23,31H,3-5,14-15,27H2,(H,29,32)(H2,28,30,33). The fourth-order valence-electron chi connectivity index (χ4n) is 4.10. The van der Waals surface area contributed by atoms with Crippen LogP contribution in [0.15, 0.2) is 66.7 Å². The number of hydrogen-bond donors (Lipinski definition) is 5. The van der Waals surface area contributed by atoms with Crippen LogP contribution < -0.4 is 21.7 Å². The predicted molar refractivity (Wildman–Crippen MR) is 130 cm³/mol. The van der Waals surface area contributed by atoms with E-state index < -0.39 is 6.04 Å². The molecule has 0 heterocycles. The number of benzene rings is 3. The maximum Gasteiger partial charge on any atom is 0.319 e. The second-order valence-corrected chi connectivity index (χ2v) is 8.16. The molecule has 4 rings (SSSR count). The van der Waals surface area contributed by atoms with Crippen molar-refractivity contribution >= 4 is 29.0 Å². The highest BCUT2D eigenvalue weighted by atomic mass is 16.3. The second kappa shape index (κ2) is 10.2. The molecule has 3 aromatic carbocycles. The van der Waals surface area contributed by atoms with Crippen LogP contribution in [-0.2, 0) is 12.8 Å². The first-order valence-corrected chi connectivity index (χ1v) is 11.1. The molecule has 0 aromatic heterocycles. The normalized spacial score (nSPS) is 13.1. The maximum absolute atomic E-state index is 12.6. The molecule has 170 valence electrons. The number of nitrogens with two attached hydrogens (primary N) is 1. The van der Waals surface area contributed by atoms with Crippen molar-refractivity contribution in [3.63, 3.8) is 0 Å². The van der Waals surface area contributed by atoms with Crippen LogP contribution in [0.2, 0.25) is 0 Å². The van der Waals surface area contributed by atoms with E-state index in [0.717, 1.165) is 30.5 Å². The number of carbonyl (C=O) groups is 2. The van der Waals surface area contributed by atoms with Crippen LogP contribution in [-0.4, -0.2) is 23.7 Å². The van der Waals surface area contributed by atoms with Gasteiger partial charge in [-0.25, -0.2) is 4.79 Å². The number of urea groups is 1. The molecular formula is C26H28N4O3. The van der Waals surface area contributed by atoms with Gasteiger partial charge in [-0.15, -0.1) is 0 Å². The molecule has 3 aromatic rings. The van der Waals surface area contributed by atoms with Gasteiger partial charge in [-0.05, 0) is 78.8 Å². The van der Waals surface area contributed by atoms with Gasteiger partial charge >= 0.3 is 6.03 Å². The largest absolute Gasteiger partial charge is 0.397 e. The van der Waals surface area contributed by atoms with E-state index in [4.69, 9.17) is 5.73 Å². The summed E-state index contributed by atoms with van der Waals surface area (Å²) in [5.74, 6) is -0.277. The zero-order chi connectivity index (χ0) is 23.2. The molecule has 7 nitrogen and oxygen atoms in total. The Balaban J connectivity index is 1.40. The summed E-state index contributed by atoms with van der Waals surface area (Å²) in [5.41, 5.74) is 11.6. The fourth-order valence-corrected chi connectivity index (χ4v) is 4.10. The molecule has 1 aliphatic rings. The highest BCUT2D eigenvalue weighted by molar-refractivity contribution is 6.05. The third-order valence-electron chi connectivity index (χ3n) is 5.86. The first-order valence-electron chi connectivity index (χ1n) is 11.1. The van der Waals surface area contributed by atoms with Gasteiger partial charge in [-0.3, -0.25) is 4.79 Å². The molecule has 3 amide bonds. The number of amides is 3. The van der Waals surface area contributed by atoms with Gasteiger partial charge in [-0.1, -0.05) is 30.3 Å². The van der Waals surface area contributed by atoms with E-state index in [0.29, 0.717) is 23.4 Å². The van der Waals surface area contributed by atoms with Crippen LogP contribution >= 0.6 is 0 Å². The lowest BCUT2D eigenvalue weighted by Crippen LogP contribution is -2.33. The summed E-state index contributed by atoms with van der Waals surface area (Å²) in [6, 6.07) is 19.3. The third-order valence-corrected chi connectivity index (χ3v) is 5.86. The Morgan fingerprint density at radius 3 is 2.45 bits per heavy atom. The van der Waals surface area contributed by atoms with Crippen molar-refractivity contribution in [1.82, 2.24) is 5.32 Å². The number of nitrogen functional groups attached to an aromatic ring is 1. The Labute approximate surface area is 193 Å². The number of aliphatic hydroxyl groups excluding tert-OH is 1. The molecule has 0 aliphatic heterocycles. The molecule has 1 unspecified atom stereocenters. The van der Waals surface area contributed by atoms with E-state index in [1.165, 1.54) is 11.1 Å². The summed E-state index contributed by atoms with van der Waals surface area (Å²) < 4.78 is 0. The Kier molecular flexibility index (Phi) is 6.90. The Morgan fingerprint density at radius 1 is 0.939 bits per heavy atom. The lowest BCUT2D eigenvalue weighted by atomic mass is 10.0. The SMILES string of the molecule is Nc1ccccc1NC(=O)c1ccc(C(CCO)NC(=O)Nc2ccc3c(c2)CCC3)cc1. The van der Waals surface area contributed by atoms with Crippen molar-refractivity contribution in [2.45, 2.75) is 31.7 Å². The number of aliphatic hydroxyl groups is 1. The molecule has 7 heteroatoms. The zero-order valence-corrected chi connectivity index (χ0v) is 18.3. The Hall–Kier alpha value is -3.84. The topological polar surface area (TPSA) is 116 Å². The number of anilines is 3. The number of rotatable bonds is 7. The van der Waals surface area contributed by atoms with Gasteiger partial charge < -0.3 is 26.8 Å². The minimum atomic E-state index is -0.397. The lowest BCUT2D eigenvalue weighted by Gasteiger charge is -2.19. The number of para-hydroxylation sites is 2. The summed E-state index contributed by atoms with van der Waals surface area (Å²) in [4.78, 5) is 25.2. The van der Waals surface area contributed by atoms with Gasteiger partial charge in [0.25, 0.3) is 5.91 Å². The summed E-state index contributed by atoms with van der Waals surface area (Å²) in [6.07, 6.45) is 3.63. The first kappa shape index (κ1) is 22.4. The van der Waals surface area contributed by atoms with E-state index in [2.05, 4.69) is 22.0 Å². The molecule has 0 saturated heterocycles. The average molecular weight is 445 g/mol. The van der Waals surface area contributed by atoms with Gasteiger partial charge in [0.1, 0.15) is 0 Å². The van der Waals surface area contributed by atoms with Crippen molar-refractivity contribution in [1.29, 1.82) is 0 Å². The second-order valence-electron chi connectivity index (χ2n) is 8.16. The van der Waals surface area contributed by atoms with Gasteiger partial charge in [0, 0.05) is 17.9 Å². The van der Waals surface area contributed by atoms with E-state index >= 15 is 0 Å². The van der Waals surface area contributed by atoms with E-state index in [1.807, 2.05) is 12.1 Å². The van der Waals surface area contributed by atoms with Gasteiger partial charge in [-0.2, -0.15) is 0 Å². The van der Waals surface area contributed by atoms with Crippen LogP contribution in [0.4, 0.5) is 21.9 Å². The highest BCUT2D eigenvalue weighted by Gasteiger charge is 2.17. The molecule has 1 atom stereocenters.